The maximum Gasteiger partial charge on any atom is 0.307 e. The maximum atomic E-state index is 11.5. The summed E-state index contributed by atoms with van der Waals surface area (Å²) in [6.45, 7) is 1.78. The van der Waals surface area contributed by atoms with Crippen molar-refractivity contribution >= 4 is 12.1 Å². The lowest BCUT2D eigenvalue weighted by Gasteiger charge is -1.95. The summed E-state index contributed by atoms with van der Waals surface area (Å²) < 4.78 is 5.16. The molecular formula is C13H12N2O2. The molecule has 0 radical (unpaired) electrons. The van der Waals surface area contributed by atoms with Crippen molar-refractivity contribution in [3.05, 3.63) is 59.5 Å². The summed E-state index contributed by atoms with van der Waals surface area (Å²) in [6.07, 6.45) is 1.58. The monoisotopic (exact) mass is 228 g/mol. The molecule has 1 amide bonds. The largest absolute Gasteiger partial charge is 0.456 e. The van der Waals surface area contributed by atoms with Crippen LogP contribution in [0.15, 0.2) is 52.0 Å². The van der Waals surface area contributed by atoms with E-state index in [-0.39, 0.29) is 11.7 Å². The molecule has 1 N–H and O–H groups in total. The van der Waals surface area contributed by atoms with E-state index in [0.29, 0.717) is 5.76 Å². The summed E-state index contributed by atoms with van der Waals surface area (Å²) in [5.74, 6) is 0.597. The Bertz CT molecular complexity index is 529. The second-order valence-electron chi connectivity index (χ2n) is 3.52. The van der Waals surface area contributed by atoms with E-state index in [1.54, 1.807) is 25.3 Å². The number of aryl methyl sites for hydroxylation is 1. The van der Waals surface area contributed by atoms with E-state index in [2.05, 4.69) is 10.5 Å². The number of furan rings is 1. The molecular weight excluding hydrogens is 216 g/mol. The molecule has 86 valence electrons. The molecule has 0 bridgehead atoms. The van der Waals surface area contributed by atoms with Crippen molar-refractivity contribution in [3.63, 3.8) is 0 Å². The van der Waals surface area contributed by atoms with Gasteiger partial charge in [0.2, 0.25) is 0 Å². The number of nitrogens with one attached hydrogen (secondary N) is 1. The normalized spacial score (nSPS) is 10.6. The van der Waals surface area contributed by atoms with Crippen LogP contribution in [0.2, 0.25) is 0 Å². The van der Waals surface area contributed by atoms with Gasteiger partial charge in [-0.3, -0.25) is 4.79 Å². The van der Waals surface area contributed by atoms with Gasteiger partial charge < -0.3 is 4.42 Å². The molecule has 0 atom stereocenters. The average Bonchev–Trinajstić information content (AvgIpc) is 2.77. The van der Waals surface area contributed by atoms with E-state index >= 15 is 0 Å². The van der Waals surface area contributed by atoms with Crippen LogP contribution in [0.4, 0.5) is 0 Å². The highest BCUT2D eigenvalue weighted by atomic mass is 16.3. The third-order valence-electron chi connectivity index (χ3n) is 2.14. The van der Waals surface area contributed by atoms with Crippen LogP contribution < -0.4 is 5.43 Å². The van der Waals surface area contributed by atoms with Crippen molar-refractivity contribution in [3.8, 4) is 0 Å². The van der Waals surface area contributed by atoms with E-state index in [4.69, 9.17) is 4.42 Å². The Kier molecular flexibility index (Phi) is 3.35. The van der Waals surface area contributed by atoms with Crippen LogP contribution in [-0.4, -0.2) is 12.1 Å². The molecule has 0 saturated carbocycles. The summed E-state index contributed by atoms with van der Waals surface area (Å²) in [5, 5.41) is 3.84. The molecule has 0 aliphatic rings. The highest BCUT2D eigenvalue weighted by molar-refractivity contribution is 5.92. The van der Waals surface area contributed by atoms with Gasteiger partial charge in [0.1, 0.15) is 5.76 Å². The van der Waals surface area contributed by atoms with Gasteiger partial charge in [-0.1, -0.05) is 30.3 Å². The van der Waals surface area contributed by atoms with Crippen LogP contribution in [0.5, 0.6) is 0 Å². The minimum absolute atomic E-state index is 0.257. The maximum absolute atomic E-state index is 11.5. The first kappa shape index (κ1) is 11.1. The van der Waals surface area contributed by atoms with Crippen molar-refractivity contribution in [2.75, 3.05) is 0 Å². The van der Waals surface area contributed by atoms with Crippen LogP contribution in [-0.2, 0) is 0 Å². The Balaban J connectivity index is 1.95. The van der Waals surface area contributed by atoms with Gasteiger partial charge in [0.15, 0.2) is 5.76 Å². The first-order valence-corrected chi connectivity index (χ1v) is 5.20. The summed E-state index contributed by atoms with van der Waals surface area (Å²) in [4.78, 5) is 11.5. The molecule has 0 fully saturated rings. The Labute approximate surface area is 99.0 Å². The highest BCUT2D eigenvalue weighted by Gasteiger charge is 2.07. The quantitative estimate of drug-likeness (QED) is 0.647. The van der Waals surface area contributed by atoms with E-state index in [0.717, 1.165) is 5.56 Å². The molecule has 2 aromatic rings. The summed E-state index contributed by atoms with van der Waals surface area (Å²) in [5.41, 5.74) is 3.32. The zero-order valence-corrected chi connectivity index (χ0v) is 9.38. The Morgan fingerprint density at radius 1 is 1.24 bits per heavy atom. The number of carbonyl (C=O) groups is 1. The standard InChI is InChI=1S/C13H12N2O2/c1-10-7-8-12(17-10)13(16)15-14-9-11-5-3-2-4-6-11/h2-9H,1H3,(H,15,16)/b14-9-. The Morgan fingerprint density at radius 3 is 2.65 bits per heavy atom. The van der Waals surface area contributed by atoms with Crippen molar-refractivity contribution in [1.82, 2.24) is 5.43 Å². The number of hydrazone groups is 1. The minimum Gasteiger partial charge on any atom is -0.456 e. The van der Waals surface area contributed by atoms with Gasteiger partial charge in [0, 0.05) is 0 Å². The predicted octanol–water partition coefficient (Wildman–Crippen LogP) is 2.35. The van der Waals surface area contributed by atoms with E-state index in [1.165, 1.54) is 0 Å². The van der Waals surface area contributed by atoms with Crippen LogP contribution in [0.25, 0.3) is 0 Å². The predicted molar refractivity (Wildman–Crippen MR) is 64.9 cm³/mol. The van der Waals surface area contributed by atoms with Crippen molar-refractivity contribution in [2.24, 2.45) is 5.10 Å². The smallest absolute Gasteiger partial charge is 0.307 e. The van der Waals surface area contributed by atoms with Gasteiger partial charge in [-0.15, -0.1) is 0 Å². The van der Waals surface area contributed by atoms with Gasteiger partial charge >= 0.3 is 5.91 Å². The minimum atomic E-state index is -0.356. The molecule has 0 saturated heterocycles. The molecule has 4 nitrogen and oxygen atoms in total. The third kappa shape index (κ3) is 3.04. The third-order valence-corrected chi connectivity index (χ3v) is 2.14. The summed E-state index contributed by atoms with van der Waals surface area (Å²) in [6, 6.07) is 12.9. The first-order valence-electron chi connectivity index (χ1n) is 5.20. The number of hydrogen-bond acceptors (Lipinski definition) is 3. The van der Waals surface area contributed by atoms with Crippen LogP contribution in [0.3, 0.4) is 0 Å². The molecule has 0 spiro atoms. The summed E-state index contributed by atoms with van der Waals surface area (Å²) in [7, 11) is 0. The van der Waals surface area contributed by atoms with Gasteiger partial charge in [-0.25, -0.2) is 5.43 Å². The van der Waals surface area contributed by atoms with Gasteiger partial charge in [0.25, 0.3) is 0 Å². The molecule has 0 aliphatic carbocycles. The molecule has 1 heterocycles. The lowest BCUT2D eigenvalue weighted by Crippen LogP contribution is -2.16. The topological polar surface area (TPSA) is 54.6 Å². The number of benzene rings is 1. The SMILES string of the molecule is Cc1ccc(C(=O)N/N=C\c2ccccc2)o1. The number of carbonyl (C=O) groups excluding carboxylic acids is 1. The second kappa shape index (κ2) is 5.12. The lowest BCUT2D eigenvalue weighted by atomic mass is 10.2. The first-order chi connectivity index (χ1) is 8.25. The molecule has 0 aliphatic heterocycles. The fourth-order valence-corrected chi connectivity index (χ4v) is 1.32. The highest BCUT2D eigenvalue weighted by Crippen LogP contribution is 2.05. The van der Waals surface area contributed by atoms with Crippen molar-refractivity contribution in [1.29, 1.82) is 0 Å². The molecule has 2 rings (SSSR count). The van der Waals surface area contributed by atoms with E-state index < -0.39 is 0 Å². The Hall–Kier alpha value is -2.36. The number of nitrogens with zero attached hydrogens (tertiary/aromatic N) is 1. The molecule has 0 unspecified atom stereocenters. The van der Waals surface area contributed by atoms with Gasteiger partial charge in [-0.2, -0.15) is 5.10 Å². The number of amides is 1. The number of hydrogen-bond donors (Lipinski definition) is 1. The zero-order chi connectivity index (χ0) is 12.1. The van der Waals surface area contributed by atoms with Gasteiger partial charge in [-0.05, 0) is 24.6 Å². The second-order valence-corrected chi connectivity index (χ2v) is 3.52. The molecule has 4 heteroatoms. The van der Waals surface area contributed by atoms with Crippen LogP contribution in [0, 0.1) is 6.92 Å². The number of rotatable bonds is 3. The fourth-order valence-electron chi connectivity index (χ4n) is 1.32. The lowest BCUT2D eigenvalue weighted by molar-refractivity contribution is 0.0926. The zero-order valence-electron chi connectivity index (χ0n) is 9.38. The molecule has 1 aromatic carbocycles. The van der Waals surface area contributed by atoms with Crippen molar-refractivity contribution < 1.29 is 9.21 Å². The van der Waals surface area contributed by atoms with Crippen LogP contribution in [0.1, 0.15) is 21.9 Å². The van der Waals surface area contributed by atoms with Crippen molar-refractivity contribution in [2.45, 2.75) is 6.92 Å². The molecule has 17 heavy (non-hydrogen) atoms. The van der Waals surface area contributed by atoms with Gasteiger partial charge in [0.05, 0.1) is 6.21 Å². The fraction of sp³-hybridized carbons (Fsp3) is 0.0769. The average molecular weight is 228 g/mol. The van der Waals surface area contributed by atoms with E-state index in [1.807, 2.05) is 30.3 Å². The molecule has 1 aromatic heterocycles. The van der Waals surface area contributed by atoms with Crippen LogP contribution >= 0.6 is 0 Å². The Morgan fingerprint density at radius 2 is 2.00 bits per heavy atom. The van der Waals surface area contributed by atoms with E-state index in [9.17, 15) is 4.79 Å². The summed E-state index contributed by atoms with van der Waals surface area (Å²) >= 11 is 0.